The Kier molecular flexibility index (Phi) is 8.44. The number of carboxylic acids is 1. The smallest absolute Gasteiger partial charge is 0.326 e. The van der Waals surface area contributed by atoms with Crippen LogP contribution in [0.2, 0.25) is 0 Å². The Balaban J connectivity index is 2.73. The number of hydrogen-bond donors (Lipinski definition) is 6. The summed E-state index contributed by atoms with van der Waals surface area (Å²) >= 11 is 0. The lowest BCUT2D eigenvalue weighted by Crippen LogP contribution is -2.53. The number of hydrogen-bond acceptors (Lipinski definition) is 6. The molecule has 1 aromatic heterocycles. The van der Waals surface area contributed by atoms with Gasteiger partial charge in [-0.1, -0.05) is 0 Å². The molecule has 0 aliphatic carbocycles. The molecule has 0 radical (unpaired) electrons. The number of aromatic nitrogens is 2. The Morgan fingerprint density at radius 2 is 1.96 bits per heavy atom. The largest absolute Gasteiger partial charge is 0.480 e. The Labute approximate surface area is 139 Å². The molecule has 2 amide bonds. The van der Waals surface area contributed by atoms with Gasteiger partial charge in [0.15, 0.2) is 0 Å². The van der Waals surface area contributed by atoms with Crippen LogP contribution in [-0.2, 0) is 20.8 Å². The predicted molar refractivity (Wildman–Crippen MR) is 85.7 cm³/mol. The summed E-state index contributed by atoms with van der Waals surface area (Å²) in [6.07, 6.45) is 4.62. The molecule has 0 aliphatic heterocycles. The summed E-state index contributed by atoms with van der Waals surface area (Å²) in [6, 6.07) is -1.99. The van der Waals surface area contributed by atoms with Gasteiger partial charge < -0.3 is 32.2 Å². The molecule has 0 saturated carbocycles. The van der Waals surface area contributed by atoms with Gasteiger partial charge in [0.2, 0.25) is 11.8 Å². The first-order valence-corrected chi connectivity index (χ1v) is 7.67. The molecule has 1 rings (SSSR count). The number of amides is 2. The van der Waals surface area contributed by atoms with Gasteiger partial charge in [-0.3, -0.25) is 9.59 Å². The summed E-state index contributed by atoms with van der Waals surface area (Å²) < 4.78 is 0. The molecule has 0 bridgehead atoms. The van der Waals surface area contributed by atoms with E-state index in [1.165, 1.54) is 12.5 Å². The van der Waals surface area contributed by atoms with Gasteiger partial charge in [0.1, 0.15) is 12.1 Å². The molecule has 10 nitrogen and oxygen atoms in total. The van der Waals surface area contributed by atoms with Gasteiger partial charge in [-0.2, -0.15) is 0 Å². The van der Waals surface area contributed by atoms with Crippen molar-refractivity contribution in [3.63, 3.8) is 0 Å². The fraction of sp³-hybridized carbons (Fsp3) is 0.571. The van der Waals surface area contributed by atoms with Gasteiger partial charge in [0.05, 0.1) is 12.9 Å². The molecule has 134 valence electrons. The van der Waals surface area contributed by atoms with Crippen LogP contribution in [0, 0.1) is 0 Å². The quantitative estimate of drug-likeness (QED) is 0.255. The van der Waals surface area contributed by atoms with Crippen LogP contribution in [0.5, 0.6) is 0 Å². The second-order valence-electron chi connectivity index (χ2n) is 5.29. The molecule has 1 aromatic rings. The number of rotatable bonds is 11. The molecule has 0 spiro atoms. The Morgan fingerprint density at radius 3 is 2.50 bits per heavy atom. The number of aromatic amines is 1. The fourth-order valence-electron chi connectivity index (χ4n) is 2.10. The van der Waals surface area contributed by atoms with Crippen molar-refractivity contribution in [3.8, 4) is 0 Å². The molecular formula is C14H24N6O4. The number of carboxylic acid groups (broad SMARTS) is 1. The summed E-state index contributed by atoms with van der Waals surface area (Å²) in [5.74, 6) is -2.23. The monoisotopic (exact) mass is 340 g/mol. The summed E-state index contributed by atoms with van der Waals surface area (Å²) in [6.45, 7) is 0.181. The standard InChI is InChI=1S/C14H24N6O4/c15-4-2-1-3-10(14(23)24)20-13(22)11(19-12(21)6-16)5-9-7-17-8-18-9/h7-8,10-11H,1-6,15-16H2,(H,17,18)(H,19,21)(H,20,22)(H,23,24)/t10?,11-/m0/s1. The van der Waals surface area contributed by atoms with Gasteiger partial charge >= 0.3 is 5.97 Å². The molecule has 0 aliphatic rings. The summed E-state index contributed by atoms with van der Waals surface area (Å²) in [5, 5.41) is 14.1. The number of H-pyrrole nitrogens is 1. The van der Waals surface area contributed by atoms with E-state index in [4.69, 9.17) is 11.5 Å². The maximum absolute atomic E-state index is 12.4. The third-order valence-electron chi connectivity index (χ3n) is 3.38. The zero-order valence-electron chi connectivity index (χ0n) is 13.3. The van der Waals surface area contributed by atoms with Crippen molar-refractivity contribution in [2.24, 2.45) is 11.5 Å². The van der Waals surface area contributed by atoms with Crippen molar-refractivity contribution < 1.29 is 19.5 Å². The summed E-state index contributed by atoms with van der Waals surface area (Å²) in [7, 11) is 0. The average Bonchev–Trinajstić information content (AvgIpc) is 3.06. The number of nitrogens with one attached hydrogen (secondary N) is 3. The number of unbranched alkanes of at least 4 members (excludes halogenated alkanes) is 1. The van der Waals surface area contributed by atoms with E-state index in [0.29, 0.717) is 25.1 Å². The average molecular weight is 340 g/mol. The first kappa shape index (κ1) is 19.6. The highest BCUT2D eigenvalue weighted by atomic mass is 16.4. The second kappa shape index (κ2) is 10.3. The van der Waals surface area contributed by atoms with Crippen LogP contribution in [0.4, 0.5) is 0 Å². The zero-order chi connectivity index (χ0) is 17.9. The van der Waals surface area contributed by atoms with Crippen LogP contribution < -0.4 is 22.1 Å². The maximum atomic E-state index is 12.4. The van der Waals surface area contributed by atoms with Gasteiger partial charge in [0.25, 0.3) is 0 Å². The van der Waals surface area contributed by atoms with Gasteiger partial charge in [0, 0.05) is 18.3 Å². The number of imidazole rings is 1. The summed E-state index contributed by atoms with van der Waals surface area (Å²) in [4.78, 5) is 41.8. The van der Waals surface area contributed by atoms with Crippen LogP contribution in [0.3, 0.4) is 0 Å². The number of carbonyl (C=O) groups excluding carboxylic acids is 2. The minimum Gasteiger partial charge on any atom is -0.480 e. The third-order valence-corrected chi connectivity index (χ3v) is 3.38. The van der Waals surface area contributed by atoms with E-state index >= 15 is 0 Å². The lowest BCUT2D eigenvalue weighted by molar-refractivity contribution is -0.142. The van der Waals surface area contributed by atoms with Gasteiger partial charge in [-0.25, -0.2) is 9.78 Å². The molecule has 0 aromatic carbocycles. The number of carbonyl (C=O) groups is 3. The van der Waals surface area contributed by atoms with Crippen LogP contribution in [0.15, 0.2) is 12.5 Å². The minimum absolute atomic E-state index is 0.146. The van der Waals surface area contributed by atoms with Crippen molar-refractivity contribution in [2.75, 3.05) is 13.1 Å². The predicted octanol–water partition coefficient (Wildman–Crippen LogP) is -1.91. The molecular weight excluding hydrogens is 316 g/mol. The zero-order valence-corrected chi connectivity index (χ0v) is 13.3. The molecule has 1 heterocycles. The Hall–Kier alpha value is -2.46. The van der Waals surface area contributed by atoms with E-state index in [9.17, 15) is 19.5 Å². The van der Waals surface area contributed by atoms with Crippen molar-refractivity contribution >= 4 is 17.8 Å². The van der Waals surface area contributed by atoms with E-state index in [1.54, 1.807) is 0 Å². The van der Waals surface area contributed by atoms with E-state index in [-0.39, 0.29) is 19.4 Å². The van der Waals surface area contributed by atoms with Crippen LogP contribution in [0.1, 0.15) is 25.0 Å². The van der Waals surface area contributed by atoms with Crippen molar-refractivity contribution in [3.05, 3.63) is 18.2 Å². The Bertz CT molecular complexity index is 533. The van der Waals surface area contributed by atoms with Crippen molar-refractivity contribution in [1.29, 1.82) is 0 Å². The molecule has 8 N–H and O–H groups in total. The van der Waals surface area contributed by atoms with Gasteiger partial charge in [-0.05, 0) is 25.8 Å². The normalized spacial score (nSPS) is 13.1. The highest BCUT2D eigenvalue weighted by Gasteiger charge is 2.26. The number of nitrogens with two attached hydrogens (primary N) is 2. The first-order valence-electron chi connectivity index (χ1n) is 7.67. The second-order valence-corrected chi connectivity index (χ2v) is 5.29. The summed E-state index contributed by atoms with van der Waals surface area (Å²) in [5.41, 5.74) is 11.3. The number of nitrogens with zero attached hydrogens (tertiary/aromatic N) is 1. The maximum Gasteiger partial charge on any atom is 0.326 e. The molecule has 10 heteroatoms. The highest BCUT2D eigenvalue weighted by molar-refractivity contribution is 5.90. The minimum atomic E-state index is -1.13. The molecule has 24 heavy (non-hydrogen) atoms. The topological polar surface area (TPSA) is 176 Å². The fourth-order valence-corrected chi connectivity index (χ4v) is 2.10. The molecule has 2 atom stereocenters. The van der Waals surface area contributed by atoms with Crippen molar-refractivity contribution in [2.45, 2.75) is 37.8 Å². The van der Waals surface area contributed by atoms with Crippen molar-refractivity contribution in [1.82, 2.24) is 20.6 Å². The van der Waals surface area contributed by atoms with E-state index < -0.39 is 29.9 Å². The van der Waals surface area contributed by atoms with Crippen LogP contribution in [0.25, 0.3) is 0 Å². The first-order chi connectivity index (χ1) is 11.5. The SMILES string of the molecule is NCCCCC(NC(=O)[C@H](Cc1cnc[nH]1)NC(=O)CN)C(=O)O. The van der Waals surface area contributed by atoms with E-state index in [1.807, 2.05) is 0 Å². The Morgan fingerprint density at radius 1 is 1.21 bits per heavy atom. The number of aliphatic carboxylic acids is 1. The molecule has 0 fully saturated rings. The van der Waals surface area contributed by atoms with E-state index in [2.05, 4.69) is 20.6 Å². The lowest BCUT2D eigenvalue weighted by atomic mass is 10.1. The van der Waals surface area contributed by atoms with Gasteiger partial charge in [-0.15, -0.1) is 0 Å². The lowest BCUT2D eigenvalue weighted by Gasteiger charge is -2.21. The molecule has 0 saturated heterocycles. The highest BCUT2D eigenvalue weighted by Crippen LogP contribution is 2.04. The molecule has 1 unspecified atom stereocenters. The van der Waals surface area contributed by atoms with Crippen LogP contribution >= 0.6 is 0 Å². The van der Waals surface area contributed by atoms with E-state index in [0.717, 1.165) is 0 Å². The van der Waals surface area contributed by atoms with Crippen LogP contribution in [-0.4, -0.2) is 58.0 Å². The third kappa shape index (κ3) is 6.75.